The van der Waals surface area contributed by atoms with Gasteiger partial charge in [0, 0.05) is 18.0 Å². The number of carbonyl (C=O) groups excluding carboxylic acids is 1. The molecule has 29 heavy (non-hydrogen) atoms. The summed E-state index contributed by atoms with van der Waals surface area (Å²) >= 11 is 7.83. The number of aromatic nitrogens is 3. The van der Waals surface area contributed by atoms with Crippen molar-refractivity contribution in [2.45, 2.75) is 32.7 Å². The molecule has 4 heterocycles. The Kier molecular flexibility index (Phi) is 4.44. The number of halogens is 1. The number of fused-ring (bicyclic) bond motifs is 1. The molecule has 5 rings (SSSR count). The van der Waals surface area contributed by atoms with E-state index in [1.807, 2.05) is 59.8 Å². The van der Waals surface area contributed by atoms with Crippen LogP contribution in [0.25, 0.3) is 15.9 Å². The van der Waals surface area contributed by atoms with Crippen molar-refractivity contribution < 1.29 is 9.32 Å². The number of amides is 1. The lowest BCUT2D eigenvalue weighted by Gasteiger charge is -2.21. The van der Waals surface area contributed by atoms with E-state index in [9.17, 15) is 4.79 Å². The topological polar surface area (TPSA) is 64.2 Å². The van der Waals surface area contributed by atoms with Crippen LogP contribution in [0.1, 0.15) is 45.7 Å². The van der Waals surface area contributed by atoms with Crippen LogP contribution in [0.5, 0.6) is 0 Å². The maximum atomic E-state index is 13.3. The Morgan fingerprint density at radius 3 is 2.86 bits per heavy atom. The molecule has 1 saturated heterocycles. The maximum Gasteiger partial charge on any atom is 0.264 e. The molecule has 3 aromatic heterocycles. The van der Waals surface area contributed by atoms with Gasteiger partial charge in [0.1, 0.15) is 4.83 Å². The molecule has 0 saturated carbocycles. The van der Waals surface area contributed by atoms with Crippen LogP contribution in [0.4, 0.5) is 0 Å². The van der Waals surface area contributed by atoms with E-state index in [0.717, 1.165) is 45.9 Å². The minimum atomic E-state index is -0.0601. The summed E-state index contributed by atoms with van der Waals surface area (Å²) in [6.45, 7) is 4.56. The summed E-state index contributed by atoms with van der Waals surface area (Å²) in [6.07, 6.45) is 1.84. The van der Waals surface area contributed by atoms with E-state index >= 15 is 0 Å². The third-order valence-electron chi connectivity index (χ3n) is 5.32. The Hall–Kier alpha value is -2.64. The lowest BCUT2D eigenvalue weighted by Crippen LogP contribution is -2.29. The number of likely N-dealkylation sites (tertiary alicyclic amines) is 1. The van der Waals surface area contributed by atoms with Gasteiger partial charge in [0.05, 0.1) is 33.0 Å². The lowest BCUT2D eigenvalue weighted by atomic mass is 10.1. The summed E-state index contributed by atoms with van der Waals surface area (Å²) < 4.78 is 7.28. The molecular weight excluding hydrogens is 408 g/mol. The van der Waals surface area contributed by atoms with Crippen LogP contribution < -0.4 is 0 Å². The highest BCUT2D eigenvalue weighted by atomic mass is 35.5. The number of benzene rings is 1. The van der Waals surface area contributed by atoms with Crippen molar-refractivity contribution in [1.82, 2.24) is 19.8 Å². The number of aryl methyl sites for hydroxylation is 2. The fourth-order valence-electron chi connectivity index (χ4n) is 3.93. The number of carbonyl (C=O) groups is 1. The molecule has 6 nitrogen and oxygen atoms in total. The summed E-state index contributed by atoms with van der Waals surface area (Å²) in [4.78, 5) is 16.9. The van der Waals surface area contributed by atoms with Crippen molar-refractivity contribution in [1.29, 1.82) is 0 Å². The molecule has 1 aromatic carbocycles. The highest BCUT2D eigenvalue weighted by molar-refractivity contribution is 7.20. The van der Waals surface area contributed by atoms with Gasteiger partial charge in [0.25, 0.3) is 5.91 Å². The first kappa shape index (κ1) is 18.4. The van der Waals surface area contributed by atoms with E-state index < -0.39 is 0 Å². The van der Waals surface area contributed by atoms with Crippen molar-refractivity contribution in [3.8, 4) is 5.69 Å². The minimum absolute atomic E-state index is 0.0212. The smallest absolute Gasteiger partial charge is 0.264 e. The zero-order valence-electron chi connectivity index (χ0n) is 16.1. The molecule has 1 amide bonds. The highest BCUT2D eigenvalue weighted by Crippen LogP contribution is 2.37. The molecule has 0 aliphatic carbocycles. The van der Waals surface area contributed by atoms with E-state index in [1.165, 1.54) is 11.3 Å². The van der Waals surface area contributed by atoms with Crippen molar-refractivity contribution >= 4 is 39.1 Å². The Labute approximate surface area is 176 Å². The number of hydrogen-bond acceptors (Lipinski definition) is 5. The van der Waals surface area contributed by atoms with Crippen LogP contribution in [-0.4, -0.2) is 32.3 Å². The van der Waals surface area contributed by atoms with Gasteiger partial charge < -0.3 is 9.42 Å². The van der Waals surface area contributed by atoms with Gasteiger partial charge >= 0.3 is 0 Å². The fourth-order valence-corrected chi connectivity index (χ4v) is 5.27. The number of para-hydroxylation sites is 1. The van der Waals surface area contributed by atoms with Crippen molar-refractivity contribution in [3.63, 3.8) is 0 Å². The molecule has 148 valence electrons. The Bertz CT molecular complexity index is 1220. The van der Waals surface area contributed by atoms with Gasteiger partial charge in [-0.2, -0.15) is 5.10 Å². The third-order valence-corrected chi connectivity index (χ3v) is 6.74. The van der Waals surface area contributed by atoms with E-state index in [0.29, 0.717) is 16.4 Å². The Morgan fingerprint density at radius 2 is 2.10 bits per heavy atom. The first-order valence-corrected chi connectivity index (χ1v) is 10.7. The van der Waals surface area contributed by atoms with Crippen LogP contribution in [-0.2, 0) is 0 Å². The van der Waals surface area contributed by atoms with Crippen LogP contribution in [0.15, 0.2) is 40.9 Å². The molecule has 1 aliphatic rings. The maximum absolute atomic E-state index is 13.3. The average Bonchev–Trinajstić information content (AvgIpc) is 3.47. The predicted molar refractivity (Wildman–Crippen MR) is 113 cm³/mol. The van der Waals surface area contributed by atoms with Gasteiger partial charge in [-0.15, -0.1) is 11.3 Å². The molecule has 0 radical (unpaired) electrons. The summed E-state index contributed by atoms with van der Waals surface area (Å²) in [6, 6.07) is 11.4. The fraction of sp³-hybridized carbons (Fsp3) is 0.286. The molecule has 1 atom stereocenters. The van der Waals surface area contributed by atoms with Crippen LogP contribution in [0, 0.1) is 13.8 Å². The average molecular weight is 427 g/mol. The number of nitrogens with zero attached hydrogens (tertiary/aromatic N) is 4. The quantitative estimate of drug-likeness (QED) is 0.444. The number of hydrogen-bond donors (Lipinski definition) is 0. The monoisotopic (exact) mass is 426 g/mol. The molecule has 8 heteroatoms. The van der Waals surface area contributed by atoms with Gasteiger partial charge in [-0.05, 0) is 44.9 Å². The second-order valence-corrected chi connectivity index (χ2v) is 8.74. The first-order valence-electron chi connectivity index (χ1n) is 9.51. The van der Waals surface area contributed by atoms with Crippen molar-refractivity contribution in [3.05, 3.63) is 63.4 Å². The zero-order valence-corrected chi connectivity index (χ0v) is 17.6. The summed E-state index contributed by atoms with van der Waals surface area (Å²) in [5, 5.41) is 10.2. The second-order valence-electron chi connectivity index (χ2n) is 7.31. The number of thiophene rings is 1. The third kappa shape index (κ3) is 3.05. The first-order chi connectivity index (χ1) is 14.0. The molecule has 1 aliphatic heterocycles. The van der Waals surface area contributed by atoms with Gasteiger partial charge in [-0.1, -0.05) is 28.9 Å². The molecular formula is C21H19ClN4O2S. The summed E-state index contributed by atoms with van der Waals surface area (Å²) in [7, 11) is 0. The van der Waals surface area contributed by atoms with E-state index in [4.69, 9.17) is 16.1 Å². The number of rotatable bonds is 3. The van der Waals surface area contributed by atoms with Gasteiger partial charge in [-0.3, -0.25) is 4.79 Å². The van der Waals surface area contributed by atoms with Crippen molar-refractivity contribution in [2.75, 3.05) is 6.54 Å². The summed E-state index contributed by atoms with van der Waals surface area (Å²) in [5.41, 5.74) is 2.51. The van der Waals surface area contributed by atoms with Crippen LogP contribution in [0.2, 0.25) is 5.02 Å². The molecule has 0 spiro atoms. The Morgan fingerprint density at radius 1 is 1.28 bits per heavy atom. The summed E-state index contributed by atoms with van der Waals surface area (Å²) in [5.74, 6) is 0.778. The predicted octanol–water partition coefficient (Wildman–Crippen LogP) is 5.32. The van der Waals surface area contributed by atoms with Crippen LogP contribution >= 0.6 is 22.9 Å². The van der Waals surface area contributed by atoms with E-state index in [-0.39, 0.29) is 11.9 Å². The van der Waals surface area contributed by atoms with Gasteiger partial charge in [-0.25, -0.2) is 4.68 Å². The van der Waals surface area contributed by atoms with E-state index in [1.54, 1.807) is 0 Å². The molecule has 0 unspecified atom stereocenters. The minimum Gasteiger partial charge on any atom is -0.359 e. The van der Waals surface area contributed by atoms with Gasteiger partial charge in [0.15, 0.2) is 5.76 Å². The molecule has 0 bridgehead atoms. The standard InChI is InChI=1S/C21H19ClN4O2S/c1-12-10-18(28-24-12)17-8-5-9-25(17)20(27)19-11-14-13(2)23-26(21(14)29-19)16-7-4-3-6-15(16)22/h3-4,6-7,10-11,17H,5,8-9H2,1-2H3/t17-/m0/s1. The largest absolute Gasteiger partial charge is 0.359 e. The molecule has 0 N–H and O–H groups in total. The molecule has 4 aromatic rings. The normalized spacial score (nSPS) is 16.8. The van der Waals surface area contributed by atoms with Gasteiger partial charge in [0.2, 0.25) is 0 Å². The van der Waals surface area contributed by atoms with Crippen molar-refractivity contribution in [2.24, 2.45) is 0 Å². The molecule has 1 fully saturated rings. The zero-order chi connectivity index (χ0) is 20.1. The SMILES string of the molecule is Cc1cc([C@@H]2CCCN2C(=O)c2cc3c(C)nn(-c4ccccc4Cl)c3s2)on1. The van der Waals surface area contributed by atoms with E-state index in [2.05, 4.69) is 10.3 Å². The van der Waals surface area contributed by atoms with Crippen LogP contribution in [0.3, 0.4) is 0 Å². The second kappa shape index (κ2) is 7.00. The lowest BCUT2D eigenvalue weighted by molar-refractivity contribution is 0.0719. The highest BCUT2D eigenvalue weighted by Gasteiger charge is 2.34. The Balaban J connectivity index is 1.53.